The first kappa shape index (κ1) is 9.70. The number of carboxylic acids is 1. The molecule has 5 heteroatoms. The van der Waals surface area contributed by atoms with Crippen LogP contribution in [-0.2, 0) is 16.9 Å². The van der Waals surface area contributed by atoms with Crippen LogP contribution in [0.4, 0.5) is 4.39 Å². The summed E-state index contributed by atoms with van der Waals surface area (Å²) in [6.45, 7) is 2.12. The van der Waals surface area contributed by atoms with Gasteiger partial charge in [0, 0.05) is 0 Å². The maximum Gasteiger partial charge on any atom is 0.318 e. The van der Waals surface area contributed by atoms with Gasteiger partial charge in [-0.05, 0) is 13.8 Å². The number of carbonyl (C=O) groups is 1. The van der Waals surface area contributed by atoms with Crippen LogP contribution >= 0.6 is 0 Å². The average Bonchev–Trinajstić information content (AvgIpc) is 2.51. The molecule has 0 aliphatic heterocycles. The van der Waals surface area contributed by atoms with Crippen molar-refractivity contribution in [1.82, 2.24) is 4.98 Å². The molecular weight excluding hydrogens is 177 g/mol. The van der Waals surface area contributed by atoms with Crippen LogP contribution in [0.25, 0.3) is 0 Å². The van der Waals surface area contributed by atoms with E-state index >= 15 is 0 Å². The highest BCUT2D eigenvalue weighted by Gasteiger charge is 2.34. The van der Waals surface area contributed by atoms with E-state index in [2.05, 4.69) is 4.98 Å². The fourth-order valence-electron chi connectivity index (χ4n) is 0.750. The third-order valence-electron chi connectivity index (χ3n) is 1.75. The minimum absolute atomic E-state index is 0.0210. The first-order valence-electron chi connectivity index (χ1n) is 3.73. The Kier molecular flexibility index (Phi) is 2.36. The molecule has 0 aromatic carbocycles. The maximum absolute atomic E-state index is 12.0. The van der Waals surface area contributed by atoms with E-state index in [4.69, 9.17) is 9.52 Å². The lowest BCUT2D eigenvalue weighted by Gasteiger charge is -2.13. The Labute approximate surface area is 74.4 Å². The number of alkyl halides is 1. The van der Waals surface area contributed by atoms with Gasteiger partial charge >= 0.3 is 5.97 Å². The van der Waals surface area contributed by atoms with Gasteiger partial charge in [0.15, 0.2) is 5.76 Å². The summed E-state index contributed by atoms with van der Waals surface area (Å²) in [5, 5.41) is 8.78. The van der Waals surface area contributed by atoms with E-state index in [9.17, 15) is 9.18 Å². The highest BCUT2D eigenvalue weighted by Crippen LogP contribution is 2.23. The van der Waals surface area contributed by atoms with Crippen LogP contribution in [0.3, 0.4) is 0 Å². The highest BCUT2D eigenvalue weighted by atomic mass is 19.1. The van der Waals surface area contributed by atoms with Crippen LogP contribution in [0.2, 0.25) is 0 Å². The van der Waals surface area contributed by atoms with Crippen molar-refractivity contribution in [3.05, 3.63) is 17.8 Å². The SMILES string of the molecule is CC(C)(C(=O)O)c1ncc(CF)o1. The molecule has 0 fully saturated rings. The fourth-order valence-corrected chi connectivity index (χ4v) is 0.750. The van der Waals surface area contributed by atoms with Gasteiger partial charge in [-0.1, -0.05) is 0 Å². The Morgan fingerprint density at radius 1 is 1.77 bits per heavy atom. The normalized spacial score (nSPS) is 11.6. The zero-order valence-electron chi connectivity index (χ0n) is 7.37. The Morgan fingerprint density at radius 3 is 2.77 bits per heavy atom. The summed E-state index contributed by atoms with van der Waals surface area (Å²) in [4.78, 5) is 14.4. The molecule has 1 rings (SSSR count). The van der Waals surface area contributed by atoms with Crippen LogP contribution in [0.1, 0.15) is 25.5 Å². The van der Waals surface area contributed by atoms with Gasteiger partial charge in [0.2, 0.25) is 5.89 Å². The molecule has 0 amide bonds. The third-order valence-corrected chi connectivity index (χ3v) is 1.75. The first-order valence-corrected chi connectivity index (χ1v) is 3.73. The average molecular weight is 187 g/mol. The van der Waals surface area contributed by atoms with Gasteiger partial charge in [-0.3, -0.25) is 4.79 Å². The Balaban J connectivity index is 3.00. The van der Waals surface area contributed by atoms with Gasteiger partial charge < -0.3 is 9.52 Å². The lowest BCUT2D eigenvalue weighted by molar-refractivity contribution is -0.143. The molecule has 1 aromatic rings. The largest absolute Gasteiger partial charge is 0.480 e. The number of oxazole rings is 1. The summed E-state index contributed by atoms with van der Waals surface area (Å²) in [6, 6.07) is 0. The number of aliphatic carboxylic acids is 1. The number of hydrogen-bond donors (Lipinski definition) is 1. The lowest BCUT2D eigenvalue weighted by Crippen LogP contribution is -2.28. The van der Waals surface area contributed by atoms with E-state index in [-0.39, 0.29) is 11.7 Å². The van der Waals surface area contributed by atoms with Crippen molar-refractivity contribution in [3.8, 4) is 0 Å². The minimum Gasteiger partial charge on any atom is -0.480 e. The van der Waals surface area contributed by atoms with Crippen LogP contribution in [-0.4, -0.2) is 16.1 Å². The third kappa shape index (κ3) is 1.68. The van der Waals surface area contributed by atoms with Gasteiger partial charge in [0.1, 0.15) is 12.1 Å². The Hall–Kier alpha value is -1.39. The second-order valence-electron chi connectivity index (χ2n) is 3.20. The van der Waals surface area contributed by atoms with Gasteiger partial charge in [-0.15, -0.1) is 0 Å². The summed E-state index contributed by atoms with van der Waals surface area (Å²) in [5.74, 6) is -0.989. The summed E-state index contributed by atoms with van der Waals surface area (Å²) < 4.78 is 16.9. The van der Waals surface area contributed by atoms with E-state index in [1.807, 2.05) is 0 Å². The van der Waals surface area contributed by atoms with Crippen LogP contribution in [0.15, 0.2) is 10.6 Å². The molecule has 13 heavy (non-hydrogen) atoms. The molecule has 1 N–H and O–H groups in total. The molecule has 4 nitrogen and oxygen atoms in total. The van der Waals surface area contributed by atoms with Crippen molar-refractivity contribution >= 4 is 5.97 Å². The highest BCUT2D eigenvalue weighted by molar-refractivity contribution is 5.78. The van der Waals surface area contributed by atoms with Crippen molar-refractivity contribution in [2.45, 2.75) is 25.9 Å². The molecule has 0 saturated carbocycles. The second-order valence-corrected chi connectivity index (χ2v) is 3.20. The summed E-state index contributed by atoms with van der Waals surface area (Å²) >= 11 is 0. The molecule has 0 aliphatic carbocycles. The molecule has 0 radical (unpaired) electrons. The molecule has 0 saturated heterocycles. The smallest absolute Gasteiger partial charge is 0.318 e. The number of carboxylic acid groups (broad SMARTS) is 1. The molecule has 1 heterocycles. The Morgan fingerprint density at radius 2 is 2.38 bits per heavy atom. The number of nitrogens with zero attached hydrogens (tertiary/aromatic N) is 1. The molecule has 0 unspecified atom stereocenters. The van der Waals surface area contributed by atoms with Crippen LogP contribution < -0.4 is 0 Å². The van der Waals surface area contributed by atoms with Crippen molar-refractivity contribution in [1.29, 1.82) is 0 Å². The maximum atomic E-state index is 12.0. The topological polar surface area (TPSA) is 63.3 Å². The number of rotatable bonds is 3. The van der Waals surface area contributed by atoms with Crippen molar-refractivity contribution in [3.63, 3.8) is 0 Å². The number of aromatic nitrogens is 1. The molecule has 72 valence electrons. The minimum atomic E-state index is -1.21. The van der Waals surface area contributed by atoms with Crippen LogP contribution in [0.5, 0.6) is 0 Å². The zero-order chi connectivity index (χ0) is 10.1. The molecular formula is C8H10FNO3. The van der Waals surface area contributed by atoms with Crippen molar-refractivity contribution in [2.75, 3.05) is 0 Å². The van der Waals surface area contributed by atoms with E-state index < -0.39 is 18.1 Å². The van der Waals surface area contributed by atoms with Crippen molar-refractivity contribution < 1.29 is 18.7 Å². The second kappa shape index (κ2) is 3.16. The van der Waals surface area contributed by atoms with E-state index in [1.165, 1.54) is 20.0 Å². The standard InChI is InChI=1S/C8H10FNO3/c1-8(2,7(11)12)6-10-4-5(3-9)13-6/h4H,3H2,1-2H3,(H,11,12). The van der Waals surface area contributed by atoms with E-state index in [1.54, 1.807) is 0 Å². The predicted molar refractivity (Wildman–Crippen MR) is 42.0 cm³/mol. The molecule has 0 aliphatic rings. The lowest BCUT2D eigenvalue weighted by atomic mass is 9.94. The van der Waals surface area contributed by atoms with Crippen LogP contribution in [0, 0.1) is 0 Å². The fraction of sp³-hybridized carbons (Fsp3) is 0.500. The predicted octanol–water partition coefficient (Wildman–Crippen LogP) is 1.51. The number of halogens is 1. The van der Waals surface area contributed by atoms with Gasteiger partial charge in [-0.25, -0.2) is 9.37 Å². The zero-order valence-corrected chi connectivity index (χ0v) is 7.37. The van der Waals surface area contributed by atoms with Gasteiger partial charge in [0.05, 0.1) is 6.20 Å². The monoisotopic (exact) mass is 187 g/mol. The number of hydrogen-bond acceptors (Lipinski definition) is 3. The van der Waals surface area contributed by atoms with E-state index in [0.29, 0.717) is 0 Å². The summed E-state index contributed by atoms with van der Waals surface area (Å²) in [7, 11) is 0. The van der Waals surface area contributed by atoms with Gasteiger partial charge in [-0.2, -0.15) is 0 Å². The van der Waals surface area contributed by atoms with Crippen molar-refractivity contribution in [2.24, 2.45) is 0 Å². The van der Waals surface area contributed by atoms with E-state index in [0.717, 1.165) is 0 Å². The molecule has 1 aromatic heterocycles. The van der Waals surface area contributed by atoms with Gasteiger partial charge in [0.25, 0.3) is 0 Å². The summed E-state index contributed by atoms with van der Waals surface area (Å²) in [5.41, 5.74) is -1.21. The Bertz CT molecular complexity index is 319. The summed E-state index contributed by atoms with van der Waals surface area (Å²) in [6.07, 6.45) is 1.19. The first-order chi connectivity index (χ1) is 5.98. The molecule has 0 spiro atoms. The molecule has 0 atom stereocenters. The quantitative estimate of drug-likeness (QED) is 0.778. The molecule has 0 bridgehead atoms.